The van der Waals surface area contributed by atoms with Gasteiger partial charge in [0.25, 0.3) is 0 Å². The van der Waals surface area contributed by atoms with E-state index in [0.717, 1.165) is 5.56 Å². The van der Waals surface area contributed by atoms with E-state index in [9.17, 15) is 9.18 Å². The molecule has 0 radical (unpaired) electrons. The summed E-state index contributed by atoms with van der Waals surface area (Å²) in [6.07, 6.45) is 0. The normalized spacial score (nSPS) is 11.9. The lowest BCUT2D eigenvalue weighted by atomic mass is 9.90. The van der Waals surface area contributed by atoms with E-state index >= 15 is 0 Å². The van der Waals surface area contributed by atoms with Gasteiger partial charge in [0, 0.05) is 6.54 Å². The van der Waals surface area contributed by atoms with Gasteiger partial charge in [-0.25, -0.2) is 4.39 Å². The van der Waals surface area contributed by atoms with Gasteiger partial charge in [-0.2, -0.15) is 0 Å². The van der Waals surface area contributed by atoms with Crippen molar-refractivity contribution in [3.05, 3.63) is 65.5 Å². The molecular weight excluding hydrogens is 257 g/mol. The lowest BCUT2D eigenvalue weighted by molar-refractivity contribution is 0.0957. The summed E-state index contributed by atoms with van der Waals surface area (Å²) in [5.41, 5.74) is 6.47. The number of ether oxygens (including phenoxy) is 1. The molecule has 2 aromatic rings. The number of halogens is 1. The number of ketones is 1. The number of carbonyl (C=O) groups is 1. The van der Waals surface area contributed by atoms with Gasteiger partial charge in [0.15, 0.2) is 17.3 Å². The van der Waals surface area contributed by atoms with Crippen LogP contribution in [-0.2, 0) is 0 Å². The molecule has 3 nitrogen and oxygen atoms in total. The Kier molecular flexibility index (Phi) is 4.48. The predicted octanol–water partition coefficient (Wildman–Crippen LogP) is 2.76. The molecule has 0 aromatic heterocycles. The van der Waals surface area contributed by atoms with Crippen LogP contribution < -0.4 is 10.5 Å². The Balaban J connectivity index is 2.39. The van der Waals surface area contributed by atoms with Gasteiger partial charge in [-0.05, 0) is 17.7 Å². The highest BCUT2D eigenvalue weighted by atomic mass is 19.1. The number of rotatable bonds is 5. The molecule has 20 heavy (non-hydrogen) atoms. The second-order valence-corrected chi connectivity index (χ2v) is 4.39. The summed E-state index contributed by atoms with van der Waals surface area (Å²) in [5.74, 6) is -1.48. The Bertz CT molecular complexity index is 599. The van der Waals surface area contributed by atoms with Crippen molar-refractivity contribution < 1.29 is 13.9 Å². The number of carbonyl (C=O) groups excluding carboxylic acids is 1. The minimum Gasteiger partial charge on any atom is -0.494 e. The van der Waals surface area contributed by atoms with E-state index in [2.05, 4.69) is 0 Å². The van der Waals surface area contributed by atoms with Gasteiger partial charge in [0.1, 0.15) is 0 Å². The Labute approximate surface area is 117 Å². The third-order valence-corrected chi connectivity index (χ3v) is 3.20. The van der Waals surface area contributed by atoms with Crippen molar-refractivity contribution in [1.82, 2.24) is 0 Å². The number of hydrogen-bond acceptors (Lipinski definition) is 3. The van der Waals surface area contributed by atoms with Gasteiger partial charge in [-0.3, -0.25) is 4.79 Å². The first-order valence-electron chi connectivity index (χ1n) is 6.30. The number of methoxy groups -OCH3 is 1. The Hall–Kier alpha value is -2.20. The first-order valence-corrected chi connectivity index (χ1v) is 6.30. The van der Waals surface area contributed by atoms with Gasteiger partial charge in [-0.15, -0.1) is 0 Å². The van der Waals surface area contributed by atoms with Crippen LogP contribution in [0, 0.1) is 5.82 Å². The first-order chi connectivity index (χ1) is 9.69. The zero-order valence-corrected chi connectivity index (χ0v) is 11.2. The van der Waals surface area contributed by atoms with Gasteiger partial charge >= 0.3 is 0 Å². The van der Waals surface area contributed by atoms with Crippen LogP contribution in [0.25, 0.3) is 0 Å². The monoisotopic (exact) mass is 273 g/mol. The molecule has 4 heteroatoms. The highest BCUT2D eigenvalue weighted by Gasteiger charge is 2.24. The standard InChI is InChI=1S/C16H16FNO2/c1-20-14-9-5-8-12(15(14)17)16(19)13(10-18)11-6-3-2-4-7-11/h2-9,13H,10,18H2,1H3. The topological polar surface area (TPSA) is 52.3 Å². The van der Waals surface area contributed by atoms with Crippen LogP contribution in [0.2, 0.25) is 0 Å². The van der Waals surface area contributed by atoms with E-state index in [1.807, 2.05) is 30.3 Å². The van der Waals surface area contributed by atoms with Crippen LogP contribution in [0.3, 0.4) is 0 Å². The van der Waals surface area contributed by atoms with E-state index in [-0.39, 0.29) is 23.6 Å². The minimum atomic E-state index is -0.644. The third-order valence-electron chi connectivity index (χ3n) is 3.20. The molecule has 0 amide bonds. The van der Waals surface area contributed by atoms with Crippen LogP contribution in [0.5, 0.6) is 5.75 Å². The van der Waals surface area contributed by atoms with Crippen LogP contribution in [0.15, 0.2) is 48.5 Å². The van der Waals surface area contributed by atoms with Crippen molar-refractivity contribution in [2.75, 3.05) is 13.7 Å². The maximum Gasteiger partial charge on any atom is 0.175 e. The molecule has 0 saturated heterocycles. The molecule has 1 unspecified atom stereocenters. The van der Waals surface area contributed by atoms with E-state index in [1.54, 1.807) is 6.07 Å². The van der Waals surface area contributed by atoms with Gasteiger partial charge < -0.3 is 10.5 Å². The highest BCUT2D eigenvalue weighted by Crippen LogP contribution is 2.26. The lowest BCUT2D eigenvalue weighted by Crippen LogP contribution is -2.22. The number of Topliss-reactive ketones (excluding diaryl/α,β-unsaturated/α-hetero) is 1. The molecule has 0 bridgehead atoms. The van der Waals surface area contributed by atoms with Crippen LogP contribution in [0.1, 0.15) is 21.8 Å². The average Bonchev–Trinajstić information content (AvgIpc) is 2.49. The average molecular weight is 273 g/mol. The Morgan fingerprint density at radius 3 is 2.50 bits per heavy atom. The Morgan fingerprint density at radius 1 is 1.20 bits per heavy atom. The molecule has 0 aliphatic rings. The molecular formula is C16H16FNO2. The fourth-order valence-corrected chi connectivity index (χ4v) is 2.13. The number of benzene rings is 2. The first kappa shape index (κ1) is 14.2. The zero-order chi connectivity index (χ0) is 14.5. The van der Waals surface area contributed by atoms with Crippen molar-refractivity contribution in [2.45, 2.75) is 5.92 Å². The minimum absolute atomic E-state index is 0.00338. The summed E-state index contributed by atoms with van der Waals surface area (Å²) in [6, 6.07) is 13.7. The van der Waals surface area contributed by atoms with Crippen molar-refractivity contribution >= 4 is 5.78 Å². The van der Waals surface area contributed by atoms with Crippen molar-refractivity contribution in [2.24, 2.45) is 5.73 Å². The predicted molar refractivity (Wildman–Crippen MR) is 75.5 cm³/mol. The molecule has 1 atom stereocenters. The molecule has 0 saturated carbocycles. The summed E-state index contributed by atoms with van der Waals surface area (Å²) >= 11 is 0. The summed E-state index contributed by atoms with van der Waals surface area (Å²) in [7, 11) is 1.37. The smallest absolute Gasteiger partial charge is 0.175 e. The lowest BCUT2D eigenvalue weighted by Gasteiger charge is -2.15. The van der Waals surface area contributed by atoms with E-state index in [1.165, 1.54) is 19.2 Å². The molecule has 2 rings (SSSR count). The molecule has 0 spiro atoms. The van der Waals surface area contributed by atoms with Crippen LogP contribution in [0.4, 0.5) is 4.39 Å². The number of nitrogens with two attached hydrogens (primary N) is 1. The van der Waals surface area contributed by atoms with E-state index < -0.39 is 11.7 Å². The summed E-state index contributed by atoms with van der Waals surface area (Å²) in [6.45, 7) is 0.125. The summed E-state index contributed by atoms with van der Waals surface area (Å²) in [4.78, 5) is 12.5. The largest absolute Gasteiger partial charge is 0.494 e. The third kappa shape index (κ3) is 2.70. The summed E-state index contributed by atoms with van der Waals surface area (Å²) in [5, 5.41) is 0. The molecule has 2 N–H and O–H groups in total. The van der Waals surface area contributed by atoms with E-state index in [4.69, 9.17) is 10.5 Å². The highest BCUT2D eigenvalue weighted by molar-refractivity contribution is 6.01. The molecule has 0 heterocycles. The maximum atomic E-state index is 14.1. The SMILES string of the molecule is COc1cccc(C(=O)C(CN)c2ccccc2)c1F. The zero-order valence-electron chi connectivity index (χ0n) is 11.2. The molecule has 0 fully saturated rings. The molecule has 0 aliphatic heterocycles. The molecule has 0 aliphatic carbocycles. The van der Waals surface area contributed by atoms with Crippen LogP contribution >= 0.6 is 0 Å². The maximum absolute atomic E-state index is 14.1. The fourth-order valence-electron chi connectivity index (χ4n) is 2.13. The van der Waals surface area contributed by atoms with E-state index in [0.29, 0.717) is 0 Å². The fraction of sp³-hybridized carbons (Fsp3) is 0.188. The molecule has 2 aromatic carbocycles. The quantitative estimate of drug-likeness (QED) is 0.852. The summed E-state index contributed by atoms with van der Waals surface area (Å²) < 4.78 is 19.0. The second-order valence-electron chi connectivity index (χ2n) is 4.39. The van der Waals surface area contributed by atoms with Crippen LogP contribution in [-0.4, -0.2) is 19.4 Å². The van der Waals surface area contributed by atoms with Gasteiger partial charge in [-0.1, -0.05) is 36.4 Å². The van der Waals surface area contributed by atoms with Crippen molar-refractivity contribution in [3.63, 3.8) is 0 Å². The van der Waals surface area contributed by atoms with Gasteiger partial charge in [0.2, 0.25) is 0 Å². The van der Waals surface area contributed by atoms with Gasteiger partial charge in [0.05, 0.1) is 18.6 Å². The van der Waals surface area contributed by atoms with Crippen molar-refractivity contribution in [1.29, 1.82) is 0 Å². The molecule has 104 valence electrons. The Morgan fingerprint density at radius 2 is 1.90 bits per heavy atom. The van der Waals surface area contributed by atoms with Crippen molar-refractivity contribution in [3.8, 4) is 5.75 Å². The second kappa shape index (κ2) is 6.30. The number of hydrogen-bond donors (Lipinski definition) is 1.